The highest BCUT2D eigenvalue weighted by atomic mass is 32.2. The van der Waals surface area contributed by atoms with Crippen molar-refractivity contribution in [2.45, 2.75) is 31.8 Å². The van der Waals surface area contributed by atoms with Crippen molar-refractivity contribution in [1.29, 1.82) is 0 Å². The Hall–Kier alpha value is -3.86. The number of anilines is 2. The summed E-state index contributed by atoms with van der Waals surface area (Å²) in [6.07, 6.45) is -0.756. The smallest absolute Gasteiger partial charge is 0.321 e. The van der Waals surface area contributed by atoms with Crippen LogP contribution in [0.2, 0.25) is 0 Å². The van der Waals surface area contributed by atoms with Crippen LogP contribution in [0.25, 0.3) is 0 Å². The third-order valence-corrected chi connectivity index (χ3v) is 6.13. The number of ether oxygens (including phenoxy) is 3. The van der Waals surface area contributed by atoms with Crippen LogP contribution in [0.15, 0.2) is 53.4 Å². The minimum Gasteiger partial charge on any atom is -0.481 e. The molecular weight excluding hydrogens is 460 g/mol. The number of benzene rings is 2. The first-order chi connectivity index (χ1) is 16.1. The predicted molar refractivity (Wildman–Crippen MR) is 127 cm³/mol. The highest BCUT2D eigenvalue weighted by Gasteiger charge is 2.19. The summed E-state index contributed by atoms with van der Waals surface area (Å²) in [6.45, 7) is 5.49. The minimum absolute atomic E-state index is 0.0153. The van der Waals surface area contributed by atoms with Crippen molar-refractivity contribution in [3.8, 4) is 17.6 Å². The van der Waals surface area contributed by atoms with Gasteiger partial charge in [-0.2, -0.15) is 9.97 Å². The van der Waals surface area contributed by atoms with Crippen LogP contribution in [0.5, 0.6) is 17.6 Å². The Labute approximate surface area is 198 Å². The molecule has 2 N–H and O–H groups in total. The maximum absolute atomic E-state index is 12.7. The number of aryl methyl sites for hydroxylation is 2. The summed E-state index contributed by atoms with van der Waals surface area (Å²) in [5.74, 6) is 0.390. The lowest BCUT2D eigenvalue weighted by atomic mass is 10.1. The van der Waals surface area contributed by atoms with Crippen LogP contribution in [0.3, 0.4) is 0 Å². The Kier molecular flexibility index (Phi) is 7.57. The van der Waals surface area contributed by atoms with Gasteiger partial charge in [-0.05, 0) is 62.2 Å². The number of nitrogens with one attached hydrogen (secondary N) is 2. The zero-order chi connectivity index (χ0) is 24.9. The van der Waals surface area contributed by atoms with Crippen molar-refractivity contribution < 1.29 is 27.4 Å². The first-order valence-electron chi connectivity index (χ1n) is 10.3. The summed E-state index contributed by atoms with van der Waals surface area (Å²) in [5.41, 5.74) is 2.37. The lowest BCUT2D eigenvalue weighted by Crippen LogP contribution is -2.30. The monoisotopic (exact) mass is 486 g/mol. The van der Waals surface area contributed by atoms with Crippen LogP contribution in [-0.2, 0) is 14.8 Å². The van der Waals surface area contributed by atoms with Gasteiger partial charge < -0.3 is 19.5 Å². The molecule has 0 aliphatic rings. The molecule has 10 nitrogen and oxygen atoms in total. The lowest BCUT2D eigenvalue weighted by Gasteiger charge is -2.17. The van der Waals surface area contributed by atoms with Crippen molar-refractivity contribution in [1.82, 2.24) is 9.97 Å². The van der Waals surface area contributed by atoms with Crippen LogP contribution < -0.4 is 24.2 Å². The van der Waals surface area contributed by atoms with E-state index in [0.29, 0.717) is 11.4 Å². The van der Waals surface area contributed by atoms with Crippen molar-refractivity contribution in [3.63, 3.8) is 0 Å². The maximum Gasteiger partial charge on any atom is 0.321 e. The van der Waals surface area contributed by atoms with E-state index >= 15 is 0 Å². The molecule has 1 heterocycles. The average Bonchev–Trinajstić information content (AvgIpc) is 2.81. The molecule has 180 valence electrons. The number of hydrogen-bond donors (Lipinski definition) is 2. The van der Waals surface area contributed by atoms with E-state index in [1.807, 2.05) is 32.0 Å². The fourth-order valence-corrected chi connectivity index (χ4v) is 3.88. The van der Waals surface area contributed by atoms with E-state index < -0.39 is 16.1 Å². The Balaban J connectivity index is 1.68. The summed E-state index contributed by atoms with van der Waals surface area (Å²) in [7, 11) is -1.22. The first kappa shape index (κ1) is 24.8. The molecule has 0 spiro atoms. The van der Waals surface area contributed by atoms with Crippen LogP contribution in [0.4, 0.5) is 11.5 Å². The van der Waals surface area contributed by atoms with Gasteiger partial charge in [0.05, 0.1) is 19.1 Å². The third kappa shape index (κ3) is 6.13. The van der Waals surface area contributed by atoms with Crippen molar-refractivity contribution in [2.75, 3.05) is 24.3 Å². The van der Waals surface area contributed by atoms with E-state index in [1.165, 1.54) is 44.6 Å². The van der Waals surface area contributed by atoms with Gasteiger partial charge in [0.1, 0.15) is 5.75 Å². The topological polar surface area (TPSA) is 129 Å². The highest BCUT2D eigenvalue weighted by molar-refractivity contribution is 7.92. The second-order valence-corrected chi connectivity index (χ2v) is 9.11. The second-order valence-electron chi connectivity index (χ2n) is 7.43. The third-order valence-electron chi connectivity index (χ3n) is 4.76. The zero-order valence-corrected chi connectivity index (χ0v) is 20.3. The Bertz CT molecular complexity index is 1260. The molecule has 1 amide bonds. The number of methoxy groups -OCH3 is 2. The van der Waals surface area contributed by atoms with Gasteiger partial charge >= 0.3 is 6.01 Å². The van der Waals surface area contributed by atoms with Gasteiger partial charge in [-0.15, -0.1) is 0 Å². The molecular formula is C23H26N4O6S. The van der Waals surface area contributed by atoms with Crippen molar-refractivity contribution >= 4 is 27.4 Å². The van der Waals surface area contributed by atoms with Crippen LogP contribution in [0, 0.1) is 13.8 Å². The van der Waals surface area contributed by atoms with E-state index in [9.17, 15) is 13.2 Å². The summed E-state index contributed by atoms with van der Waals surface area (Å²) in [4.78, 5) is 20.4. The molecule has 0 saturated heterocycles. The van der Waals surface area contributed by atoms with Gasteiger partial charge in [0.25, 0.3) is 15.9 Å². The molecule has 0 radical (unpaired) electrons. The van der Waals surface area contributed by atoms with E-state index in [1.54, 1.807) is 6.92 Å². The number of amides is 1. The van der Waals surface area contributed by atoms with Gasteiger partial charge in [-0.1, -0.05) is 12.1 Å². The summed E-state index contributed by atoms with van der Waals surface area (Å²) in [5, 5.41) is 2.72. The molecule has 1 atom stereocenters. The van der Waals surface area contributed by atoms with Gasteiger partial charge in [0.2, 0.25) is 5.88 Å². The highest BCUT2D eigenvalue weighted by Crippen LogP contribution is 2.23. The van der Waals surface area contributed by atoms with Gasteiger partial charge in [-0.25, -0.2) is 8.42 Å². The van der Waals surface area contributed by atoms with Gasteiger partial charge in [-0.3, -0.25) is 9.52 Å². The molecule has 0 saturated carbocycles. The SMILES string of the molecule is COc1cc(NS(=O)(=O)c2ccc(NC(=O)C(C)Oc3cc(C)ccc3C)cc2)nc(OC)n1. The quantitative estimate of drug-likeness (QED) is 0.471. The van der Waals surface area contributed by atoms with Crippen LogP contribution >= 0.6 is 0 Å². The average molecular weight is 487 g/mol. The van der Waals surface area contributed by atoms with E-state index in [2.05, 4.69) is 20.0 Å². The molecule has 1 aromatic heterocycles. The lowest BCUT2D eigenvalue weighted by molar-refractivity contribution is -0.122. The van der Waals surface area contributed by atoms with E-state index in [0.717, 1.165) is 11.1 Å². The Morgan fingerprint density at radius 2 is 1.68 bits per heavy atom. The Morgan fingerprint density at radius 1 is 0.971 bits per heavy atom. The molecule has 0 aliphatic heterocycles. The second kappa shape index (κ2) is 10.4. The first-order valence-corrected chi connectivity index (χ1v) is 11.7. The molecule has 3 aromatic rings. The molecule has 0 bridgehead atoms. The largest absolute Gasteiger partial charge is 0.481 e. The summed E-state index contributed by atoms with van der Waals surface area (Å²) in [6, 6.07) is 12.7. The van der Waals surface area contributed by atoms with Gasteiger partial charge in [0, 0.05) is 11.8 Å². The number of aromatic nitrogens is 2. The maximum atomic E-state index is 12.7. The van der Waals surface area contributed by atoms with Crippen LogP contribution in [-0.4, -0.2) is 44.6 Å². The summed E-state index contributed by atoms with van der Waals surface area (Å²) >= 11 is 0. The fraction of sp³-hybridized carbons (Fsp3) is 0.261. The number of sulfonamides is 1. The molecule has 0 aliphatic carbocycles. The fourth-order valence-electron chi connectivity index (χ4n) is 2.89. The minimum atomic E-state index is -3.96. The van der Waals surface area contributed by atoms with Crippen molar-refractivity contribution in [3.05, 3.63) is 59.7 Å². The standard InChI is InChI=1S/C23H26N4O6S/c1-14-6-7-15(2)19(12-14)33-16(3)22(28)24-17-8-10-18(11-9-17)34(29,30)27-20-13-21(31-4)26-23(25-20)32-5/h6-13,16H,1-5H3,(H,24,28)(H,25,26,27). The molecule has 1 unspecified atom stereocenters. The molecule has 11 heteroatoms. The normalized spacial score (nSPS) is 11.9. The van der Waals surface area contributed by atoms with Crippen LogP contribution in [0.1, 0.15) is 18.1 Å². The molecule has 0 fully saturated rings. The van der Waals surface area contributed by atoms with E-state index in [-0.39, 0.29) is 28.5 Å². The molecule has 34 heavy (non-hydrogen) atoms. The molecule has 2 aromatic carbocycles. The van der Waals surface area contributed by atoms with Crippen molar-refractivity contribution in [2.24, 2.45) is 0 Å². The van der Waals surface area contributed by atoms with E-state index in [4.69, 9.17) is 14.2 Å². The molecule has 3 rings (SSSR count). The number of hydrogen-bond acceptors (Lipinski definition) is 8. The zero-order valence-electron chi connectivity index (χ0n) is 19.4. The Morgan fingerprint density at radius 3 is 2.32 bits per heavy atom. The number of carbonyl (C=O) groups is 1. The number of rotatable bonds is 9. The summed E-state index contributed by atoms with van der Waals surface area (Å²) < 4.78 is 43.6. The predicted octanol–water partition coefficient (Wildman–Crippen LogP) is 3.32. The number of nitrogens with zero attached hydrogens (tertiary/aromatic N) is 2. The van der Waals surface area contributed by atoms with Gasteiger partial charge in [0.15, 0.2) is 11.9 Å². The number of carbonyl (C=O) groups excluding carboxylic acids is 1.